The number of aromatic nitrogens is 2. The Morgan fingerprint density at radius 3 is 2.63 bits per heavy atom. The molecule has 0 atom stereocenters. The minimum Gasteiger partial charge on any atom is -0.352 e. The molecule has 1 heterocycles. The monoisotopic (exact) mass is 550 g/mol. The van der Waals surface area contributed by atoms with Crippen molar-refractivity contribution in [1.82, 2.24) is 15.3 Å². The van der Waals surface area contributed by atoms with E-state index in [4.69, 9.17) is 11.8 Å². The molecule has 2 aromatic carbocycles. The van der Waals surface area contributed by atoms with Gasteiger partial charge in [0, 0.05) is 49.4 Å². The SMILES string of the molecule is C=CC(=O)N(C)c1cc(Nc2ccnc(N(Cl)CCCNC(=O)c3cccc(C(F)(F)F)c3)n2)ccc1F. The van der Waals surface area contributed by atoms with E-state index in [1.165, 1.54) is 48.0 Å². The number of carbonyl (C=O) groups excluding carboxylic acids is 2. The van der Waals surface area contributed by atoms with Crippen molar-refractivity contribution in [1.29, 1.82) is 0 Å². The number of likely N-dealkylation sites (N-methyl/N-ethyl adjacent to an activating group) is 1. The highest BCUT2D eigenvalue weighted by molar-refractivity contribution is 6.25. The van der Waals surface area contributed by atoms with Crippen LogP contribution < -0.4 is 20.0 Å². The van der Waals surface area contributed by atoms with Gasteiger partial charge in [0.15, 0.2) is 0 Å². The molecule has 0 aliphatic heterocycles. The van der Waals surface area contributed by atoms with Gasteiger partial charge in [-0.25, -0.2) is 9.37 Å². The summed E-state index contributed by atoms with van der Waals surface area (Å²) in [5.41, 5.74) is -0.515. The zero-order chi connectivity index (χ0) is 27.9. The van der Waals surface area contributed by atoms with Gasteiger partial charge < -0.3 is 15.5 Å². The van der Waals surface area contributed by atoms with Crippen LogP contribution in [0, 0.1) is 5.82 Å². The molecule has 2 amide bonds. The number of carbonyl (C=O) groups is 2. The summed E-state index contributed by atoms with van der Waals surface area (Å²) in [6.07, 6.45) is -1.67. The van der Waals surface area contributed by atoms with Crippen molar-refractivity contribution in [3.05, 3.63) is 84.3 Å². The topological polar surface area (TPSA) is 90.5 Å². The summed E-state index contributed by atoms with van der Waals surface area (Å²) in [6.45, 7) is 3.75. The van der Waals surface area contributed by atoms with Crippen molar-refractivity contribution >= 4 is 46.7 Å². The number of halogens is 5. The van der Waals surface area contributed by atoms with Gasteiger partial charge in [-0.2, -0.15) is 18.2 Å². The van der Waals surface area contributed by atoms with E-state index in [9.17, 15) is 27.2 Å². The molecule has 0 fully saturated rings. The van der Waals surface area contributed by atoms with E-state index in [0.717, 1.165) is 23.1 Å². The van der Waals surface area contributed by atoms with Crippen LogP contribution in [-0.4, -0.2) is 41.9 Å². The fourth-order valence-corrected chi connectivity index (χ4v) is 3.45. The van der Waals surface area contributed by atoms with E-state index in [1.54, 1.807) is 6.07 Å². The third-order valence-corrected chi connectivity index (χ3v) is 5.53. The lowest BCUT2D eigenvalue weighted by Crippen LogP contribution is -2.27. The molecule has 0 unspecified atom stereocenters. The summed E-state index contributed by atoms with van der Waals surface area (Å²) in [5.74, 6) is -1.23. The van der Waals surface area contributed by atoms with Gasteiger partial charge in [0.1, 0.15) is 11.6 Å². The quantitative estimate of drug-likeness (QED) is 0.154. The van der Waals surface area contributed by atoms with Gasteiger partial charge in [0.2, 0.25) is 11.9 Å². The van der Waals surface area contributed by atoms with Crippen LogP contribution in [0.4, 0.5) is 40.7 Å². The predicted molar refractivity (Wildman–Crippen MR) is 137 cm³/mol. The fraction of sp³-hybridized carbons (Fsp3) is 0.200. The third-order valence-electron chi connectivity index (χ3n) is 5.21. The number of nitrogens with one attached hydrogen (secondary N) is 2. The number of amides is 2. The normalized spacial score (nSPS) is 11.0. The average Bonchev–Trinajstić information content (AvgIpc) is 2.90. The first kappa shape index (κ1) is 28.4. The van der Waals surface area contributed by atoms with Crippen molar-refractivity contribution in [2.45, 2.75) is 12.6 Å². The Labute approximate surface area is 221 Å². The molecule has 13 heteroatoms. The lowest BCUT2D eigenvalue weighted by Gasteiger charge is -2.18. The van der Waals surface area contributed by atoms with Gasteiger partial charge in [-0.3, -0.25) is 14.0 Å². The maximum atomic E-state index is 14.2. The van der Waals surface area contributed by atoms with E-state index in [1.807, 2.05) is 0 Å². The summed E-state index contributed by atoms with van der Waals surface area (Å²) >= 11 is 6.26. The molecule has 1 aromatic heterocycles. The number of hydrogen-bond acceptors (Lipinski definition) is 6. The summed E-state index contributed by atoms with van der Waals surface area (Å²) < 4.78 is 54.0. The van der Waals surface area contributed by atoms with Crippen LogP contribution in [0.3, 0.4) is 0 Å². The van der Waals surface area contributed by atoms with Gasteiger partial charge in [-0.05, 0) is 55.0 Å². The van der Waals surface area contributed by atoms with Crippen LogP contribution >= 0.6 is 11.8 Å². The van der Waals surface area contributed by atoms with E-state index >= 15 is 0 Å². The van der Waals surface area contributed by atoms with Gasteiger partial charge in [0.05, 0.1) is 11.3 Å². The van der Waals surface area contributed by atoms with Gasteiger partial charge >= 0.3 is 6.18 Å². The van der Waals surface area contributed by atoms with Crippen LogP contribution in [0.5, 0.6) is 0 Å². The van der Waals surface area contributed by atoms with E-state index in [-0.39, 0.29) is 30.3 Å². The Bertz CT molecular complexity index is 1320. The summed E-state index contributed by atoms with van der Waals surface area (Å²) in [7, 11) is 1.42. The lowest BCUT2D eigenvalue weighted by atomic mass is 10.1. The predicted octanol–water partition coefficient (Wildman–Crippen LogP) is 5.31. The second kappa shape index (κ2) is 12.4. The smallest absolute Gasteiger partial charge is 0.352 e. The lowest BCUT2D eigenvalue weighted by molar-refractivity contribution is -0.137. The van der Waals surface area contributed by atoms with Gasteiger partial charge in [-0.1, -0.05) is 12.6 Å². The number of nitrogens with zero attached hydrogens (tertiary/aromatic N) is 4. The molecule has 0 bridgehead atoms. The molecule has 0 aliphatic carbocycles. The second-order valence-electron chi connectivity index (χ2n) is 7.91. The maximum absolute atomic E-state index is 14.2. The van der Waals surface area contributed by atoms with Crippen molar-refractivity contribution in [2.75, 3.05) is 34.8 Å². The third kappa shape index (κ3) is 7.42. The van der Waals surface area contributed by atoms with Crippen LogP contribution in [0.2, 0.25) is 0 Å². The molecule has 0 radical (unpaired) electrons. The number of benzene rings is 2. The molecule has 200 valence electrons. The molecule has 0 spiro atoms. The largest absolute Gasteiger partial charge is 0.416 e. The highest BCUT2D eigenvalue weighted by Crippen LogP contribution is 2.29. The van der Waals surface area contributed by atoms with Crippen LogP contribution in [0.1, 0.15) is 22.3 Å². The standard InChI is InChI=1S/C25H23ClF4N6O2/c1-3-22(37)35(2)20-15-18(8-9-19(20)27)33-21-10-12-32-24(34-21)36(26)13-5-11-31-23(38)16-6-4-7-17(14-16)25(28,29)30/h3-4,6-10,12,14-15H,1,5,11,13H2,2H3,(H,31,38)(H,32,33,34). The molecular weight excluding hydrogens is 528 g/mol. The average molecular weight is 551 g/mol. The van der Waals surface area contributed by atoms with Gasteiger partial charge in [0.25, 0.3) is 5.91 Å². The van der Waals surface area contributed by atoms with Crippen LogP contribution in [0.15, 0.2) is 67.4 Å². The molecule has 0 saturated heterocycles. The molecule has 0 saturated carbocycles. The summed E-state index contributed by atoms with van der Waals surface area (Å²) in [5, 5.41) is 5.54. The number of hydrogen-bond donors (Lipinski definition) is 2. The molecule has 38 heavy (non-hydrogen) atoms. The van der Waals surface area contributed by atoms with Crippen LogP contribution in [-0.2, 0) is 11.0 Å². The highest BCUT2D eigenvalue weighted by Gasteiger charge is 2.30. The van der Waals surface area contributed by atoms with E-state index < -0.39 is 29.4 Å². The van der Waals surface area contributed by atoms with Gasteiger partial charge in [-0.15, -0.1) is 0 Å². The first-order valence-electron chi connectivity index (χ1n) is 11.2. The molecular formula is C25H23ClF4N6O2. The second-order valence-corrected chi connectivity index (χ2v) is 8.32. The Hall–Kier alpha value is -4.19. The minimum atomic E-state index is -4.54. The zero-order valence-corrected chi connectivity index (χ0v) is 20.9. The molecule has 3 aromatic rings. The van der Waals surface area contributed by atoms with Crippen LogP contribution in [0.25, 0.3) is 0 Å². The summed E-state index contributed by atoms with van der Waals surface area (Å²) in [6, 6.07) is 9.81. The Balaban J connectivity index is 1.56. The summed E-state index contributed by atoms with van der Waals surface area (Å²) in [4.78, 5) is 33.5. The van der Waals surface area contributed by atoms with E-state index in [2.05, 4.69) is 27.2 Å². The zero-order valence-electron chi connectivity index (χ0n) is 20.1. The first-order chi connectivity index (χ1) is 18.0. The molecule has 8 nitrogen and oxygen atoms in total. The van der Waals surface area contributed by atoms with Crippen molar-refractivity contribution in [3.63, 3.8) is 0 Å². The van der Waals surface area contributed by atoms with Crippen molar-refractivity contribution < 1.29 is 27.2 Å². The number of anilines is 4. The number of rotatable bonds is 10. The van der Waals surface area contributed by atoms with Crippen molar-refractivity contribution in [2.24, 2.45) is 0 Å². The Morgan fingerprint density at radius 2 is 1.92 bits per heavy atom. The Kier molecular flexibility index (Phi) is 9.24. The van der Waals surface area contributed by atoms with Crippen molar-refractivity contribution in [3.8, 4) is 0 Å². The maximum Gasteiger partial charge on any atom is 0.416 e. The number of alkyl halides is 3. The minimum absolute atomic E-state index is 0.0420. The molecule has 2 N–H and O–H groups in total. The molecule has 0 aliphatic rings. The van der Waals surface area contributed by atoms with E-state index in [0.29, 0.717) is 17.9 Å². The Morgan fingerprint density at radius 1 is 1.16 bits per heavy atom. The highest BCUT2D eigenvalue weighted by atomic mass is 35.5. The molecule has 3 rings (SSSR count). The first-order valence-corrected chi connectivity index (χ1v) is 11.5. The fourth-order valence-electron chi connectivity index (χ4n) is 3.24.